The molecular weight excluding hydrogens is 242 g/mol. The second-order valence-electron chi connectivity index (χ2n) is 5.55. The Bertz CT molecular complexity index is 265. The third-order valence-electron chi connectivity index (χ3n) is 4.13. The van der Waals surface area contributed by atoms with Gasteiger partial charge in [0.05, 0.1) is 6.04 Å². The van der Waals surface area contributed by atoms with Gasteiger partial charge in [-0.3, -0.25) is 9.69 Å². The molecule has 1 rings (SSSR count). The average molecular weight is 271 g/mol. The highest BCUT2D eigenvalue weighted by atomic mass is 16.5. The summed E-state index contributed by atoms with van der Waals surface area (Å²) in [6.45, 7) is 3.34. The first-order valence-electron chi connectivity index (χ1n) is 7.30. The van der Waals surface area contributed by atoms with Crippen molar-refractivity contribution in [2.75, 3.05) is 27.3 Å². The number of carbonyl (C=O) groups is 1. The van der Waals surface area contributed by atoms with E-state index in [1.807, 2.05) is 14.0 Å². The third-order valence-corrected chi connectivity index (χ3v) is 4.13. The van der Waals surface area contributed by atoms with Crippen LogP contribution in [-0.4, -0.2) is 56.2 Å². The average Bonchev–Trinajstić information content (AvgIpc) is 2.42. The molecule has 0 radical (unpaired) electrons. The Labute approximate surface area is 116 Å². The van der Waals surface area contributed by atoms with Crippen LogP contribution in [0.1, 0.15) is 39.0 Å². The van der Waals surface area contributed by atoms with Gasteiger partial charge < -0.3 is 15.8 Å². The lowest BCUT2D eigenvalue weighted by Crippen LogP contribution is -2.49. The summed E-state index contributed by atoms with van der Waals surface area (Å²) in [5.41, 5.74) is 5.92. The standard InChI is InChI=1S/C14H29N3O2/c1-11(14(18)16-9-4-10-19-3)17(2)13-7-5-12(15)6-8-13/h11-13H,4-10,15H2,1-3H3,(H,16,18). The molecule has 0 aromatic carbocycles. The predicted octanol–water partition coefficient (Wildman–Crippen LogP) is 0.729. The summed E-state index contributed by atoms with van der Waals surface area (Å²) >= 11 is 0. The van der Waals surface area contributed by atoms with Crippen molar-refractivity contribution in [3.05, 3.63) is 0 Å². The van der Waals surface area contributed by atoms with Gasteiger partial charge in [0.2, 0.25) is 5.91 Å². The van der Waals surface area contributed by atoms with E-state index in [2.05, 4.69) is 10.2 Å². The van der Waals surface area contributed by atoms with E-state index in [4.69, 9.17) is 10.5 Å². The SMILES string of the molecule is COCCCNC(=O)C(C)N(C)C1CCC(N)CC1. The maximum atomic E-state index is 12.0. The Hall–Kier alpha value is -0.650. The number of nitrogens with zero attached hydrogens (tertiary/aromatic N) is 1. The highest BCUT2D eigenvalue weighted by Gasteiger charge is 2.27. The summed E-state index contributed by atoms with van der Waals surface area (Å²) in [5.74, 6) is 0.105. The van der Waals surface area contributed by atoms with Gasteiger partial charge in [0.25, 0.3) is 0 Å². The van der Waals surface area contributed by atoms with Crippen molar-refractivity contribution in [3.63, 3.8) is 0 Å². The number of hydrogen-bond donors (Lipinski definition) is 2. The maximum Gasteiger partial charge on any atom is 0.237 e. The molecule has 1 atom stereocenters. The van der Waals surface area contributed by atoms with Crippen molar-refractivity contribution in [1.82, 2.24) is 10.2 Å². The Balaban J connectivity index is 2.30. The van der Waals surface area contributed by atoms with E-state index in [-0.39, 0.29) is 11.9 Å². The van der Waals surface area contributed by atoms with Gasteiger partial charge >= 0.3 is 0 Å². The molecule has 1 unspecified atom stereocenters. The zero-order valence-electron chi connectivity index (χ0n) is 12.5. The number of rotatable bonds is 7. The molecule has 112 valence electrons. The largest absolute Gasteiger partial charge is 0.385 e. The number of ether oxygens (including phenoxy) is 1. The van der Waals surface area contributed by atoms with Crippen molar-refractivity contribution in [3.8, 4) is 0 Å². The smallest absolute Gasteiger partial charge is 0.237 e. The quantitative estimate of drug-likeness (QED) is 0.670. The highest BCUT2D eigenvalue weighted by Crippen LogP contribution is 2.22. The molecule has 1 amide bonds. The van der Waals surface area contributed by atoms with Crippen LogP contribution < -0.4 is 11.1 Å². The number of carbonyl (C=O) groups excluding carboxylic acids is 1. The normalized spacial score (nSPS) is 25.3. The van der Waals surface area contributed by atoms with Crippen LogP contribution in [0.25, 0.3) is 0 Å². The summed E-state index contributed by atoms with van der Waals surface area (Å²) in [5, 5.41) is 2.96. The molecule has 1 aliphatic carbocycles. The Morgan fingerprint density at radius 3 is 2.63 bits per heavy atom. The number of likely N-dealkylation sites (N-methyl/N-ethyl adjacent to an activating group) is 1. The Morgan fingerprint density at radius 1 is 1.42 bits per heavy atom. The van der Waals surface area contributed by atoms with Crippen LogP contribution in [0.4, 0.5) is 0 Å². The van der Waals surface area contributed by atoms with Gasteiger partial charge in [0.1, 0.15) is 0 Å². The lowest BCUT2D eigenvalue weighted by Gasteiger charge is -2.36. The molecule has 0 aromatic rings. The number of amides is 1. The monoisotopic (exact) mass is 271 g/mol. The summed E-state index contributed by atoms with van der Waals surface area (Å²) in [4.78, 5) is 14.2. The van der Waals surface area contributed by atoms with Gasteiger partial charge in [-0.2, -0.15) is 0 Å². The van der Waals surface area contributed by atoms with Crippen LogP contribution in [0.3, 0.4) is 0 Å². The van der Waals surface area contributed by atoms with Gasteiger partial charge in [-0.1, -0.05) is 0 Å². The van der Waals surface area contributed by atoms with Crippen LogP contribution in [0.5, 0.6) is 0 Å². The number of nitrogens with two attached hydrogens (primary N) is 1. The summed E-state index contributed by atoms with van der Waals surface area (Å²) in [6, 6.07) is 0.754. The van der Waals surface area contributed by atoms with Crippen LogP contribution in [0, 0.1) is 0 Å². The fourth-order valence-corrected chi connectivity index (χ4v) is 2.59. The molecule has 0 spiro atoms. The lowest BCUT2D eigenvalue weighted by molar-refractivity contribution is -0.126. The van der Waals surface area contributed by atoms with Crippen molar-refractivity contribution < 1.29 is 9.53 Å². The molecule has 1 fully saturated rings. The third kappa shape index (κ3) is 5.47. The Kier molecular flexibility index (Phi) is 7.34. The van der Waals surface area contributed by atoms with Gasteiger partial charge in [-0.05, 0) is 46.1 Å². The molecular formula is C14H29N3O2. The van der Waals surface area contributed by atoms with E-state index in [1.54, 1.807) is 7.11 Å². The fourth-order valence-electron chi connectivity index (χ4n) is 2.59. The van der Waals surface area contributed by atoms with Gasteiger partial charge in [0.15, 0.2) is 0 Å². The molecule has 19 heavy (non-hydrogen) atoms. The molecule has 5 heteroatoms. The van der Waals surface area contributed by atoms with Gasteiger partial charge in [-0.25, -0.2) is 0 Å². The summed E-state index contributed by atoms with van der Waals surface area (Å²) < 4.78 is 4.96. The van der Waals surface area contributed by atoms with E-state index in [9.17, 15) is 4.79 Å². The summed E-state index contributed by atoms with van der Waals surface area (Å²) in [7, 11) is 3.72. The summed E-state index contributed by atoms with van der Waals surface area (Å²) in [6.07, 6.45) is 5.18. The maximum absolute atomic E-state index is 12.0. The predicted molar refractivity (Wildman–Crippen MR) is 77.0 cm³/mol. The van der Waals surface area contributed by atoms with Crippen molar-refractivity contribution in [1.29, 1.82) is 0 Å². The van der Waals surface area contributed by atoms with E-state index in [0.717, 1.165) is 32.1 Å². The second-order valence-corrected chi connectivity index (χ2v) is 5.55. The minimum atomic E-state index is -0.0816. The Morgan fingerprint density at radius 2 is 2.05 bits per heavy atom. The van der Waals surface area contributed by atoms with E-state index in [1.165, 1.54) is 0 Å². The first kappa shape index (κ1) is 16.4. The molecule has 1 saturated carbocycles. The fraction of sp³-hybridized carbons (Fsp3) is 0.929. The van der Waals surface area contributed by atoms with Crippen molar-refractivity contribution in [2.45, 2.75) is 57.2 Å². The molecule has 3 N–H and O–H groups in total. The van der Waals surface area contributed by atoms with E-state index >= 15 is 0 Å². The molecule has 0 saturated heterocycles. The highest BCUT2D eigenvalue weighted by molar-refractivity contribution is 5.81. The minimum Gasteiger partial charge on any atom is -0.385 e. The van der Waals surface area contributed by atoms with Crippen LogP contribution in [-0.2, 0) is 9.53 Å². The minimum absolute atomic E-state index is 0.0816. The molecule has 0 heterocycles. The first-order valence-corrected chi connectivity index (χ1v) is 7.30. The van der Waals surface area contributed by atoms with Crippen LogP contribution in [0.2, 0.25) is 0 Å². The number of methoxy groups -OCH3 is 1. The van der Waals surface area contributed by atoms with Gasteiger partial charge in [-0.15, -0.1) is 0 Å². The van der Waals surface area contributed by atoms with E-state index < -0.39 is 0 Å². The molecule has 0 bridgehead atoms. The topological polar surface area (TPSA) is 67.6 Å². The van der Waals surface area contributed by atoms with E-state index in [0.29, 0.717) is 25.2 Å². The molecule has 0 aromatic heterocycles. The van der Waals surface area contributed by atoms with Crippen LogP contribution in [0.15, 0.2) is 0 Å². The molecule has 0 aliphatic heterocycles. The molecule has 1 aliphatic rings. The second kappa shape index (κ2) is 8.51. The lowest BCUT2D eigenvalue weighted by atomic mass is 9.90. The van der Waals surface area contributed by atoms with Crippen molar-refractivity contribution >= 4 is 5.91 Å². The van der Waals surface area contributed by atoms with Crippen LogP contribution >= 0.6 is 0 Å². The number of nitrogens with one attached hydrogen (secondary N) is 1. The van der Waals surface area contributed by atoms with Gasteiger partial charge in [0, 0.05) is 32.3 Å². The molecule has 5 nitrogen and oxygen atoms in total. The van der Waals surface area contributed by atoms with Crippen molar-refractivity contribution in [2.24, 2.45) is 5.73 Å². The zero-order valence-corrected chi connectivity index (χ0v) is 12.5. The first-order chi connectivity index (χ1) is 9.06. The zero-order chi connectivity index (χ0) is 14.3. The number of hydrogen-bond acceptors (Lipinski definition) is 4.